The molecule has 0 atom stereocenters. The van der Waals surface area contributed by atoms with Crippen molar-refractivity contribution in [1.29, 1.82) is 0 Å². The third kappa shape index (κ3) is 2.94. The second-order valence-electron chi connectivity index (χ2n) is 2.97. The number of carboxylic acid groups (broad SMARTS) is 1. The first-order valence-corrected chi connectivity index (χ1v) is 4.19. The van der Waals surface area contributed by atoms with Crippen molar-refractivity contribution < 1.29 is 19.9 Å². The largest absolute Gasteiger partial charge is 0.502 e. The zero-order valence-corrected chi connectivity index (χ0v) is 7.71. The first-order valence-electron chi connectivity index (χ1n) is 4.19. The summed E-state index contributed by atoms with van der Waals surface area (Å²) in [4.78, 5) is 20.0. The van der Waals surface area contributed by atoms with E-state index in [0.29, 0.717) is 5.56 Å². The van der Waals surface area contributed by atoms with Crippen LogP contribution in [0.4, 0.5) is 5.69 Å². The highest BCUT2D eigenvalue weighted by atomic mass is 16.6. The van der Waals surface area contributed by atoms with Gasteiger partial charge in [-0.25, -0.2) is 0 Å². The van der Waals surface area contributed by atoms with Gasteiger partial charge in [-0.2, -0.15) is 0 Å². The van der Waals surface area contributed by atoms with Crippen LogP contribution in [-0.4, -0.2) is 21.1 Å². The molecule has 0 unspecified atom stereocenters. The molecule has 0 saturated carbocycles. The highest BCUT2D eigenvalue weighted by molar-refractivity contribution is 5.67. The molecule has 2 N–H and O–H groups in total. The minimum atomic E-state index is -0.967. The van der Waals surface area contributed by atoms with Gasteiger partial charge in [0.2, 0.25) is 0 Å². The number of hydrogen-bond donors (Lipinski definition) is 2. The number of carboxylic acids is 1. The molecule has 0 fully saturated rings. The molecule has 0 heterocycles. The number of aryl methyl sites for hydroxylation is 1. The lowest BCUT2D eigenvalue weighted by molar-refractivity contribution is -0.385. The van der Waals surface area contributed by atoms with E-state index in [2.05, 4.69) is 0 Å². The second-order valence-corrected chi connectivity index (χ2v) is 2.97. The maximum absolute atomic E-state index is 10.4. The molecule has 0 spiro atoms. The van der Waals surface area contributed by atoms with Crippen molar-refractivity contribution in [2.45, 2.75) is 12.8 Å². The summed E-state index contributed by atoms with van der Waals surface area (Å²) in [5.41, 5.74) is 0.111. The van der Waals surface area contributed by atoms with E-state index < -0.39 is 22.3 Å². The Labute approximate surface area is 84.9 Å². The molecular formula is C9H9NO5. The number of nitro benzene ring substituents is 1. The Kier molecular flexibility index (Phi) is 3.22. The number of phenols is 1. The van der Waals surface area contributed by atoms with E-state index in [1.807, 2.05) is 0 Å². The van der Waals surface area contributed by atoms with E-state index >= 15 is 0 Å². The molecule has 0 aliphatic carbocycles. The Balaban J connectivity index is 2.87. The van der Waals surface area contributed by atoms with Crippen LogP contribution in [0.1, 0.15) is 12.0 Å². The van der Waals surface area contributed by atoms with Crippen molar-refractivity contribution in [2.24, 2.45) is 0 Å². The predicted octanol–water partition coefficient (Wildman–Crippen LogP) is 1.32. The van der Waals surface area contributed by atoms with E-state index in [1.165, 1.54) is 18.2 Å². The summed E-state index contributed by atoms with van der Waals surface area (Å²) in [6, 6.07) is 3.83. The highest BCUT2D eigenvalue weighted by Crippen LogP contribution is 2.26. The molecule has 1 aromatic carbocycles. The Morgan fingerprint density at radius 1 is 1.47 bits per heavy atom. The van der Waals surface area contributed by atoms with Gasteiger partial charge in [0, 0.05) is 12.5 Å². The second kappa shape index (κ2) is 4.41. The number of nitro groups is 1. The van der Waals surface area contributed by atoms with Crippen LogP contribution < -0.4 is 0 Å². The van der Waals surface area contributed by atoms with Gasteiger partial charge >= 0.3 is 11.7 Å². The van der Waals surface area contributed by atoms with Crippen LogP contribution in [0.5, 0.6) is 5.75 Å². The molecule has 1 aromatic rings. The smallest absolute Gasteiger partial charge is 0.310 e. The molecule has 1 rings (SSSR count). The molecule has 15 heavy (non-hydrogen) atoms. The van der Waals surface area contributed by atoms with Crippen molar-refractivity contribution >= 4 is 11.7 Å². The van der Waals surface area contributed by atoms with E-state index in [1.54, 1.807) is 0 Å². The van der Waals surface area contributed by atoms with Gasteiger partial charge in [-0.15, -0.1) is 0 Å². The SMILES string of the molecule is O=C(O)CCc1ccc(O)c([N+](=O)[O-])c1. The molecule has 6 heteroatoms. The third-order valence-corrected chi connectivity index (χ3v) is 1.86. The normalized spacial score (nSPS) is 9.87. The van der Waals surface area contributed by atoms with Gasteiger partial charge < -0.3 is 10.2 Å². The minimum Gasteiger partial charge on any atom is -0.502 e. The van der Waals surface area contributed by atoms with Crippen LogP contribution in [-0.2, 0) is 11.2 Å². The fraction of sp³-hybridized carbons (Fsp3) is 0.222. The lowest BCUT2D eigenvalue weighted by atomic mass is 10.1. The lowest BCUT2D eigenvalue weighted by Gasteiger charge is -2.00. The first kappa shape index (κ1) is 11.0. The number of aliphatic carboxylic acids is 1. The Morgan fingerprint density at radius 2 is 2.13 bits per heavy atom. The van der Waals surface area contributed by atoms with Gasteiger partial charge in [0.1, 0.15) is 0 Å². The van der Waals surface area contributed by atoms with E-state index in [9.17, 15) is 14.9 Å². The van der Waals surface area contributed by atoms with Crippen LogP contribution in [0.3, 0.4) is 0 Å². The van der Waals surface area contributed by atoms with Crippen LogP contribution in [0.15, 0.2) is 18.2 Å². The number of phenolic OH excluding ortho intramolecular Hbond substituents is 1. The molecule has 80 valence electrons. The van der Waals surface area contributed by atoms with Crippen molar-refractivity contribution in [3.8, 4) is 5.75 Å². The van der Waals surface area contributed by atoms with Crippen LogP contribution in [0.25, 0.3) is 0 Å². The zero-order valence-electron chi connectivity index (χ0n) is 7.71. The van der Waals surface area contributed by atoms with Crippen LogP contribution in [0.2, 0.25) is 0 Å². The Bertz CT molecular complexity index is 401. The predicted molar refractivity (Wildman–Crippen MR) is 50.7 cm³/mol. The number of rotatable bonds is 4. The number of nitrogens with zero attached hydrogens (tertiary/aromatic N) is 1. The number of benzene rings is 1. The van der Waals surface area contributed by atoms with Crippen molar-refractivity contribution in [3.63, 3.8) is 0 Å². The third-order valence-electron chi connectivity index (χ3n) is 1.86. The van der Waals surface area contributed by atoms with Crippen LogP contribution in [0, 0.1) is 10.1 Å². The first-order chi connectivity index (χ1) is 7.00. The van der Waals surface area contributed by atoms with Crippen molar-refractivity contribution in [2.75, 3.05) is 0 Å². The standard InChI is InChI=1S/C9H9NO5/c11-8-3-1-6(2-4-9(12)13)5-7(8)10(14)15/h1,3,5,11H,2,4H2,(H,12,13). The number of carbonyl (C=O) groups is 1. The molecule has 0 aromatic heterocycles. The Hall–Kier alpha value is -2.11. The quantitative estimate of drug-likeness (QED) is 0.577. The molecule has 0 saturated heterocycles. The molecule has 0 bridgehead atoms. The van der Waals surface area contributed by atoms with Gasteiger partial charge in [0.25, 0.3) is 0 Å². The zero-order chi connectivity index (χ0) is 11.4. The van der Waals surface area contributed by atoms with Gasteiger partial charge in [0.15, 0.2) is 5.75 Å². The topological polar surface area (TPSA) is 101 Å². The summed E-state index contributed by atoms with van der Waals surface area (Å²) in [6.45, 7) is 0. The lowest BCUT2D eigenvalue weighted by Crippen LogP contribution is -1.98. The minimum absolute atomic E-state index is 0.0953. The molecular weight excluding hydrogens is 202 g/mol. The maximum atomic E-state index is 10.4. The average molecular weight is 211 g/mol. The fourth-order valence-corrected chi connectivity index (χ4v) is 1.12. The Morgan fingerprint density at radius 3 is 2.67 bits per heavy atom. The average Bonchev–Trinajstić information content (AvgIpc) is 2.16. The van der Waals surface area contributed by atoms with Crippen LogP contribution >= 0.6 is 0 Å². The summed E-state index contributed by atoms with van der Waals surface area (Å²) in [5, 5.41) is 28.0. The van der Waals surface area contributed by atoms with E-state index in [4.69, 9.17) is 10.2 Å². The van der Waals surface area contributed by atoms with Gasteiger partial charge in [-0.05, 0) is 18.1 Å². The van der Waals surface area contributed by atoms with Crippen molar-refractivity contribution in [1.82, 2.24) is 0 Å². The van der Waals surface area contributed by atoms with Gasteiger partial charge in [-0.3, -0.25) is 14.9 Å². The van der Waals surface area contributed by atoms with Gasteiger partial charge in [-0.1, -0.05) is 6.07 Å². The van der Waals surface area contributed by atoms with E-state index in [-0.39, 0.29) is 12.8 Å². The summed E-state index contributed by atoms with van der Waals surface area (Å²) in [7, 11) is 0. The summed E-state index contributed by atoms with van der Waals surface area (Å²) in [5.74, 6) is -1.38. The fourth-order valence-electron chi connectivity index (χ4n) is 1.12. The number of aromatic hydroxyl groups is 1. The molecule has 6 nitrogen and oxygen atoms in total. The summed E-state index contributed by atoms with van der Waals surface area (Å²) >= 11 is 0. The maximum Gasteiger partial charge on any atom is 0.310 e. The monoisotopic (exact) mass is 211 g/mol. The molecule has 0 aliphatic heterocycles. The van der Waals surface area contributed by atoms with Gasteiger partial charge in [0.05, 0.1) is 4.92 Å². The molecule has 0 radical (unpaired) electrons. The van der Waals surface area contributed by atoms with Crippen molar-refractivity contribution in [3.05, 3.63) is 33.9 Å². The summed E-state index contributed by atoms with van der Waals surface area (Å²) in [6.07, 6.45) is 0.110. The van der Waals surface area contributed by atoms with E-state index in [0.717, 1.165) is 0 Å². The molecule has 0 aliphatic rings. The highest BCUT2D eigenvalue weighted by Gasteiger charge is 2.13. The summed E-state index contributed by atoms with van der Waals surface area (Å²) < 4.78 is 0. The number of hydrogen-bond acceptors (Lipinski definition) is 4. The molecule has 0 amide bonds.